The van der Waals surface area contributed by atoms with E-state index in [1.807, 2.05) is 11.8 Å². The van der Waals surface area contributed by atoms with Crippen LogP contribution in [0.3, 0.4) is 0 Å². The highest BCUT2D eigenvalue weighted by atomic mass is 79.9. The minimum absolute atomic E-state index is 0.701. The van der Waals surface area contributed by atoms with Gasteiger partial charge in [-0.3, -0.25) is 0 Å². The van der Waals surface area contributed by atoms with E-state index < -0.39 is 0 Å². The molecule has 0 aromatic heterocycles. The molecule has 1 rings (SSSR count). The van der Waals surface area contributed by atoms with Gasteiger partial charge < -0.3 is 0 Å². The normalized spacial score (nSPS) is 12.8. The van der Waals surface area contributed by atoms with Gasteiger partial charge in [-0.2, -0.15) is 0 Å². The minimum atomic E-state index is 0.701. The predicted molar refractivity (Wildman–Crippen MR) is 60.2 cm³/mol. The molecule has 0 radical (unpaired) electrons. The van der Waals surface area contributed by atoms with Crippen LogP contribution < -0.4 is 0 Å². The summed E-state index contributed by atoms with van der Waals surface area (Å²) in [6.07, 6.45) is 1.21. The summed E-state index contributed by atoms with van der Waals surface area (Å²) in [5.41, 5.74) is 0. The van der Waals surface area contributed by atoms with Crippen LogP contribution in [0.1, 0.15) is 13.3 Å². The maximum atomic E-state index is 3.51. The Hall–Kier alpha value is 0.0500. The molecular weight excluding hydrogens is 232 g/mol. The lowest BCUT2D eigenvalue weighted by atomic mass is 10.4. The van der Waals surface area contributed by atoms with E-state index in [1.165, 1.54) is 11.3 Å². The zero-order valence-corrected chi connectivity index (χ0v) is 9.57. The quantitative estimate of drug-likeness (QED) is 0.571. The van der Waals surface area contributed by atoms with Crippen LogP contribution in [0.25, 0.3) is 0 Å². The van der Waals surface area contributed by atoms with E-state index in [0.717, 1.165) is 5.33 Å². The average Bonchev–Trinajstić information content (AvgIpc) is 2.16. The van der Waals surface area contributed by atoms with Gasteiger partial charge >= 0.3 is 0 Å². The number of rotatable bonds is 4. The molecule has 0 bridgehead atoms. The predicted octanol–water partition coefficient (Wildman–Crippen LogP) is 3.95. The topological polar surface area (TPSA) is 0 Å². The Balaban J connectivity index is 2.51. The Kier molecular flexibility index (Phi) is 4.77. The highest BCUT2D eigenvalue weighted by molar-refractivity contribution is 9.09. The molecule has 0 fully saturated rings. The van der Waals surface area contributed by atoms with Gasteiger partial charge in [0.1, 0.15) is 0 Å². The Labute approximate surface area is 86.9 Å². The Morgan fingerprint density at radius 3 is 2.50 bits per heavy atom. The van der Waals surface area contributed by atoms with Crippen LogP contribution in [-0.4, -0.2) is 10.6 Å². The molecule has 0 aliphatic heterocycles. The van der Waals surface area contributed by atoms with Crippen LogP contribution in [0, 0.1) is 0 Å². The molecule has 0 N–H and O–H groups in total. The van der Waals surface area contributed by atoms with Crippen LogP contribution in [-0.2, 0) is 0 Å². The fourth-order valence-electron chi connectivity index (χ4n) is 0.915. The lowest BCUT2D eigenvalue weighted by Gasteiger charge is -2.09. The van der Waals surface area contributed by atoms with Gasteiger partial charge in [0.2, 0.25) is 0 Å². The first kappa shape index (κ1) is 10.1. The van der Waals surface area contributed by atoms with Crippen molar-refractivity contribution in [2.24, 2.45) is 0 Å². The van der Waals surface area contributed by atoms with Crippen LogP contribution in [0.15, 0.2) is 35.2 Å². The van der Waals surface area contributed by atoms with E-state index >= 15 is 0 Å². The van der Waals surface area contributed by atoms with Crippen molar-refractivity contribution in [1.29, 1.82) is 0 Å². The second-order valence-electron chi connectivity index (χ2n) is 2.62. The van der Waals surface area contributed by atoms with Crippen LogP contribution in [0.4, 0.5) is 0 Å². The largest absolute Gasteiger partial charge is 0.122 e. The average molecular weight is 245 g/mol. The van der Waals surface area contributed by atoms with Crippen molar-refractivity contribution >= 4 is 27.7 Å². The maximum Gasteiger partial charge on any atom is 0.0189 e. The Morgan fingerprint density at radius 2 is 2.00 bits per heavy atom. The summed E-state index contributed by atoms with van der Waals surface area (Å²) >= 11 is 5.45. The molecule has 0 nitrogen and oxygen atoms in total. The summed E-state index contributed by atoms with van der Waals surface area (Å²) in [5, 5.41) is 1.77. The van der Waals surface area contributed by atoms with E-state index in [9.17, 15) is 0 Å². The second kappa shape index (κ2) is 5.65. The van der Waals surface area contributed by atoms with Gasteiger partial charge in [-0.25, -0.2) is 0 Å². The molecule has 0 heterocycles. The van der Waals surface area contributed by atoms with E-state index in [4.69, 9.17) is 0 Å². The minimum Gasteiger partial charge on any atom is -0.122 e. The van der Waals surface area contributed by atoms with Gasteiger partial charge in [0.25, 0.3) is 0 Å². The lowest BCUT2D eigenvalue weighted by molar-refractivity contribution is 0.921. The molecule has 0 aliphatic carbocycles. The smallest absolute Gasteiger partial charge is 0.0189 e. The number of alkyl halides is 1. The Morgan fingerprint density at radius 1 is 1.33 bits per heavy atom. The van der Waals surface area contributed by atoms with E-state index in [0.29, 0.717) is 5.25 Å². The molecule has 0 saturated heterocycles. The summed E-state index contributed by atoms with van der Waals surface area (Å²) in [5.74, 6) is 0. The van der Waals surface area contributed by atoms with Crippen molar-refractivity contribution in [1.82, 2.24) is 0 Å². The van der Waals surface area contributed by atoms with E-state index in [2.05, 4.69) is 53.2 Å². The van der Waals surface area contributed by atoms with Crippen molar-refractivity contribution in [3.63, 3.8) is 0 Å². The first-order chi connectivity index (χ1) is 5.86. The standard InChI is InChI=1S/C10H13BrS/c1-2-9(8-11)12-10-6-4-3-5-7-10/h3-7,9H,2,8H2,1H3. The van der Waals surface area contributed by atoms with Crippen molar-refractivity contribution in [2.45, 2.75) is 23.5 Å². The van der Waals surface area contributed by atoms with Gasteiger partial charge in [-0.15, -0.1) is 11.8 Å². The molecular formula is C10H13BrS. The lowest BCUT2D eigenvalue weighted by Crippen LogP contribution is -2.00. The van der Waals surface area contributed by atoms with Crippen molar-refractivity contribution < 1.29 is 0 Å². The third kappa shape index (κ3) is 3.20. The number of thioether (sulfide) groups is 1. The first-order valence-corrected chi connectivity index (χ1v) is 6.14. The van der Waals surface area contributed by atoms with E-state index in [-0.39, 0.29) is 0 Å². The third-order valence-electron chi connectivity index (χ3n) is 1.67. The fourth-order valence-corrected chi connectivity index (χ4v) is 2.70. The van der Waals surface area contributed by atoms with E-state index in [1.54, 1.807) is 0 Å². The summed E-state index contributed by atoms with van der Waals surface area (Å²) in [7, 11) is 0. The van der Waals surface area contributed by atoms with Crippen LogP contribution in [0.5, 0.6) is 0 Å². The van der Waals surface area contributed by atoms with Gasteiger partial charge in [0.05, 0.1) is 0 Å². The zero-order valence-electron chi connectivity index (χ0n) is 7.16. The first-order valence-electron chi connectivity index (χ1n) is 4.14. The van der Waals surface area contributed by atoms with Crippen LogP contribution in [0.2, 0.25) is 0 Å². The second-order valence-corrected chi connectivity index (χ2v) is 4.64. The SMILES string of the molecule is CCC(CBr)Sc1ccccc1. The molecule has 1 aromatic rings. The molecule has 1 atom stereocenters. The summed E-state index contributed by atoms with van der Waals surface area (Å²) < 4.78 is 0. The zero-order chi connectivity index (χ0) is 8.81. The molecule has 2 heteroatoms. The van der Waals surface area contributed by atoms with Crippen molar-refractivity contribution in [2.75, 3.05) is 5.33 Å². The fraction of sp³-hybridized carbons (Fsp3) is 0.400. The molecule has 0 amide bonds. The highest BCUT2D eigenvalue weighted by Gasteiger charge is 2.04. The molecule has 66 valence electrons. The van der Waals surface area contributed by atoms with Crippen molar-refractivity contribution in [3.8, 4) is 0 Å². The van der Waals surface area contributed by atoms with Gasteiger partial charge in [0, 0.05) is 15.5 Å². The summed E-state index contributed by atoms with van der Waals surface area (Å²) in [6.45, 7) is 2.22. The van der Waals surface area contributed by atoms with Crippen molar-refractivity contribution in [3.05, 3.63) is 30.3 Å². The molecule has 1 unspecified atom stereocenters. The summed E-state index contributed by atoms with van der Waals surface area (Å²) in [4.78, 5) is 1.36. The molecule has 0 spiro atoms. The van der Waals surface area contributed by atoms with Gasteiger partial charge in [-0.1, -0.05) is 41.1 Å². The number of hydrogen-bond donors (Lipinski definition) is 0. The number of benzene rings is 1. The molecule has 0 aliphatic rings. The molecule has 12 heavy (non-hydrogen) atoms. The van der Waals surface area contributed by atoms with Crippen LogP contribution >= 0.6 is 27.7 Å². The molecule has 1 aromatic carbocycles. The van der Waals surface area contributed by atoms with Gasteiger partial charge in [-0.05, 0) is 18.6 Å². The maximum absolute atomic E-state index is 3.51. The Bertz CT molecular complexity index is 206. The number of halogens is 1. The monoisotopic (exact) mass is 244 g/mol. The highest BCUT2D eigenvalue weighted by Crippen LogP contribution is 2.25. The third-order valence-corrected chi connectivity index (χ3v) is 4.26. The summed E-state index contributed by atoms with van der Waals surface area (Å²) in [6, 6.07) is 10.6. The number of hydrogen-bond acceptors (Lipinski definition) is 1. The molecule has 0 saturated carbocycles. The van der Waals surface area contributed by atoms with Gasteiger partial charge in [0.15, 0.2) is 0 Å².